The van der Waals surface area contributed by atoms with Gasteiger partial charge in [-0.1, -0.05) is 24.3 Å². The molecule has 7 nitrogen and oxygen atoms in total. The van der Waals surface area contributed by atoms with E-state index < -0.39 is 17.0 Å². The molecule has 0 saturated carbocycles. The smallest absolute Gasteiger partial charge is 0.347 e. The summed E-state index contributed by atoms with van der Waals surface area (Å²) in [5, 5.41) is 10.7. The lowest BCUT2D eigenvalue weighted by Crippen LogP contribution is -2.26. The number of benzene rings is 2. The highest BCUT2D eigenvalue weighted by molar-refractivity contribution is 5.94. The zero-order valence-electron chi connectivity index (χ0n) is 13.8. The number of carbonyl (C=O) groups is 2. The SMILES string of the molecule is CC(=O)c1cccc(OC(C)C(=O)OCc2cccc([N+](=O)[O-])c2)c1. The number of nitro groups is 1. The van der Waals surface area contributed by atoms with E-state index in [4.69, 9.17) is 9.47 Å². The van der Waals surface area contributed by atoms with E-state index in [9.17, 15) is 19.7 Å². The Morgan fingerprint density at radius 2 is 1.88 bits per heavy atom. The average Bonchev–Trinajstić information content (AvgIpc) is 2.60. The van der Waals surface area contributed by atoms with Crippen LogP contribution in [0.15, 0.2) is 48.5 Å². The second kappa shape index (κ2) is 8.05. The quantitative estimate of drug-likeness (QED) is 0.331. The van der Waals surface area contributed by atoms with Gasteiger partial charge >= 0.3 is 5.97 Å². The molecule has 1 unspecified atom stereocenters. The Balaban J connectivity index is 1.94. The van der Waals surface area contributed by atoms with Crippen LogP contribution >= 0.6 is 0 Å². The van der Waals surface area contributed by atoms with Crippen molar-refractivity contribution in [1.29, 1.82) is 0 Å². The van der Waals surface area contributed by atoms with Crippen molar-refractivity contribution in [3.05, 3.63) is 69.8 Å². The van der Waals surface area contributed by atoms with Crippen molar-refractivity contribution >= 4 is 17.4 Å². The summed E-state index contributed by atoms with van der Waals surface area (Å²) in [6, 6.07) is 12.3. The maximum atomic E-state index is 12.0. The van der Waals surface area contributed by atoms with Gasteiger partial charge in [-0.15, -0.1) is 0 Å². The van der Waals surface area contributed by atoms with E-state index in [0.717, 1.165) is 0 Å². The number of esters is 1. The van der Waals surface area contributed by atoms with Crippen molar-refractivity contribution in [3.63, 3.8) is 0 Å². The van der Waals surface area contributed by atoms with Gasteiger partial charge < -0.3 is 9.47 Å². The van der Waals surface area contributed by atoms with Gasteiger partial charge in [0.25, 0.3) is 5.69 Å². The first-order valence-electron chi connectivity index (χ1n) is 7.54. The number of hydrogen-bond acceptors (Lipinski definition) is 6. The van der Waals surface area contributed by atoms with Gasteiger partial charge in [0.05, 0.1) is 4.92 Å². The van der Waals surface area contributed by atoms with Crippen molar-refractivity contribution in [2.75, 3.05) is 0 Å². The standard InChI is InChI=1S/C18H17NO6/c1-12(20)15-6-4-8-17(10-15)25-13(2)18(21)24-11-14-5-3-7-16(9-14)19(22)23/h3-10,13H,11H2,1-2H3. The fraction of sp³-hybridized carbons (Fsp3) is 0.222. The molecule has 0 aromatic heterocycles. The molecule has 0 aliphatic carbocycles. The van der Waals surface area contributed by atoms with Gasteiger partial charge in [0.2, 0.25) is 0 Å². The number of ketones is 1. The van der Waals surface area contributed by atoms with Gasteiger partial charge in [-0.25, -0.2) is 4.79 Å². The lowest BCUT2D eigenvalue weighted by Gasteiger charge is -2.14. The molecular formula is C18H17NO6. The van der Waals surface area contributed by atoms with Crippen LogP contribution in [0.3, 0.4) is 0 Å². The highest BCUT2D eigenvalue weighted by Gasteiger charge is 2.17. The van der Waals surface area contributed by atoms with E-state index in [-0.39, 0.29) is 18.1 Å². The topological polar surface area (TPSA) is 95.7 Å². The maximum absolute atomic E-state index is 12.0. The molecule has 2 rings (SSSR count). The number of non-ortho nitro benzene ring substituents is 1. The minimum atomic E-state index is -0.888. The molecular weight excluding hydrogens is 326 g/mol. The Morgan fingerprint density at radius 3 is 2.56 bits per heavy atom. The Hall–Kier alpha value is -3.22. The largest absolute Gasteiger partial charge is 0.479 e. The van der Waals surface area contributed by atoms with E-state index in [0.29, 0.717) is 16.9 Å². The fourth-order valence-electron chi connectivity index (χ4n) is 2.07. The summed E-state index contributed by atoms with van der Waals surface area (Å²) >= 11 is 0. The van der Waals surface area contributed by atoms with Gasteiger partial charge in [0, 0.05) is 17.7 Å². The number of Topliss-reactive ketones (excluding diaryl/α,β-unsaturated/α-hetero) is 1. The molecule has 0 N–H and O–H groups in total. The molecule has 1 atom stereocenters. The van der Waals surface area contributed by atoms with Crippen LogP contribution in [0.5, 0.6) is 5.75 Å². The van der Waals surface area contributed by atoms with Crippen molar-refractivity contribution in [2.45, 2.75) is 26.6 Å². The van der Waals surface area contributed by atoms with Crippen LogP contribution in [-0.2, 0) is 16.1 Å². The van der Waals surface area contributed by atoms with Gasteiger partial charge in [0.15, 0.2) is 11.9 Å². The fourth-order valence-corrected chi connectivity index (χ4v) is 2.07. The molecule has 130 valence electrons. The minimum Gasteiger partial charge on any atom is -0.479 e. The maximum Gasteiger partial charge on any atom is 0.347 e. The van der Waals surface area contributed by atoms with E-state index in [2.05, 4.69) is 0 Å². The number of hydrogen-bond donors (Lipinski definition) is 0. The highest BCUT2D eigenvalue weighted by Crippen LogP contribution is 2.17. The lowest BCUT2D eigenvalue weighted by molar-refractivity contribution is -0.384. The third-order valence-corrected chi connectivity index (χ3v) is 3.39. The van der Waals surface area contributed by atoms with Crippen LogP contribution in [0.4, 0.5) is 5.69 Å². The Morgan fingerprint density at radius 1 is 1.16 bits per heavy atom. The van der Waals surface area contributed by atoms with Gasteiger partial charge in [-0.3, -0.25) is 14.9 Å². The molecule has 7 heteroatoms. The summed E-state index contributed by atoms with van der Waals surface area (Å²) in [5.74, 6) is -0.335. The zero-order valence-corrected chi connectivity index (χ0v) is 13.8. The third kappa shape index (κ3) is 5.13. The monoisotopic (exact) mass is 343 g/mol. The lowest BCUT2D eigenvalue weighted by atomic mass is 10.1. The first-order valence-corrected chi connectivity index (χ1v) is 7.54. The molecule has 25 heavy (non-hydrogen) atoms. The number of carbonyl (C=O) groups excluding carboxylic acids is 2. The second-order valence-corrected chi connectivity index (χ2v) is 5.38. The molecule has 2 aromatic carbocycles. The van der Waals surface area contributed by atoms with E-state index in [1.54, 1.807) is 30.3 Å². The first-order chi connectivity index (χ1) is 11.9. The molecule has 0 aliphatic rings. The number of ether oxygens (including phenoxy) is 2. The molecule has 0 heterocycles. The Labute approximate surface area is 144 Å². The highest BCUT2D eigenvalue weighted by atomic mass is 16.6. The van der Waals surface area contributed by atoms with Gasteiger partial charge in [-0.2, -0.15) is 0 Å². The summed E-state index contributed by atoms with van der Waals surface area (Å²) in [4.78, 5) is 33.6. The number of nitrogens with zero attached hydrogens (tertiary/aromatic N) is 1. The molecule has 0 amide bonds. The summed E-state index contributed by atoms with van der Waals surface area (Å²) in [6.07, 6.45) is -0.888. The van der Waals surface area contributed by atoms with Crippen LogP contribution in [0, 0.1) is 10.1 Å². The van der Waals surface area contributed by atoms with Crippen molar-refractivity contribution in [3.8, 4) is 5.75 Å². The predicted octanol–water partition coefficient (Wildman–Crippen LogP) is 3.31. The Kier molecular flexibility index (Phi) is 5.84. The van der Waals surface area contributed by atoms with Crippen LogP contribution in [0.1, 0.15) is 29.8 Å². The van der Waals surface area contributed by atoms with Gasteiger partial charge in [0.1, 0.15) is 12.4 Å². The minimum absolute atomic E-state index is 0.0705. The summed E-state index contributed by atoms with van der Waals surface area (Å²) in [5.41, 5.74) is 0.918. The number of nitro benzene ring substituents is 1. The molecule has 0 spiro atoms. The van der Waals surface area contributed by atoms with Gasteiger partial charge in [-0.05, 0) is 31.5 Å². The Bertz CT molecular complexity index is 802. The van der Waals surface area contributed by atoms with Crippen molar-refractivity contribution in [1.82, 2.24) is 0 Å². The molecule has 0 saturated heterocycles. The summed E-state index contributed by atoms with van der Waals surface area (Å²) < 4.78 is 10.6. The van der Waals surface area contributed by atoms with Crippen molar-refractivity contribution < 1.29 is 24.0 Å². The van der Waals surface area contributed by atoms with E-state index >= 15 is 0 Å². The molecule has 2 aromatic rings. The number of rotatable bonds is 7. The van der Waals surface area contributed by atoms with Crippen molar-refractivity contribution in [2.24, 2.45) is 0 Å². The van der Waals surface area contributed by atoms with E-state index in [1.165, 1.54) is 32.0 Å². The summed E-state index contributed by atoms with van der Waals surface area (Å²) in [6.45, 7) is 2.87. The first kappa shape index (κ1) is 18.1. The molecule has 0 fully saturated rings. The third-order valence-electron chi connectivity index (χ3n) is 3.39. The van der Waals surface area contributed by atoms with Crippen LogP contribution in [0.2, 0.25) is 0 Å². The summed E-state index contributed by atoms with van der Waals surface area (Å²) in [7, 11) is 0. The molecule has 0 aliphatic heterocycles. The van der Waals surface area contributed by atoms with E-state index in [1.807, 2.05) is 0 Å². The predicted molar refractivity (Wildman–Crippen MR) is 89.4 cm³/mol. The van der Waals surface area contributed by atoms with Crippen LogP contribution in [-0.4, -0.2) is 22.8 Å². The van der Waals surface area contributed by atoms with Crippen LogP contribution < -0.4 is 4.74 Å². The molecule has 0 radical (unpaired) electrons. The second-order valence-electron chi connectivity index (χ2n) is 5.38. The normalized spacial score (nSPS) is 11.4. The average molecular weight is 343 g/mol. The molecule has 0 bridgehead atoms. The van der Waals surface area contributed by atoms with Crippen LogP contribution in [0.25, 0.3) is 0 Å². The zero-order chi connectivity index (χ0) is 18.4.